The zero-order chi connectivity index (χ0) is 5.70. The van der Waals surface area contributed by atoms with Crippen molar-refractivity contribution >= 4 is 25.3 Å². The van der Waals surface area contributed by atoms with E-state index in [9.17, 15) is 0 Å². The van der Waals surface area contributed by atoms with E-state index in [1.807, 2.05) is 6.92 Å². The molecule has 0 aliphatic rings. The van der Waals surface area contributed by atoms with Crippen molar-refractivity contribution in [2.75, 3.05) is 6.61 Å². The van der Waals surface area contributed by atoms with Gasteiger partial charge in [-0.25, -0.2) is 0 Å². The smallest absolute Gasteiger partial charge is 0.144 e. The summed E-state index contributed by atoms with van der Waals surface area (Å²) in [4.78, 5) is 0. The second kappa shape index (κ2) is 4.81. The molecule has 0 aromatic heterocycles. The second-order valence-electron chi connectivity index (χ2n) is 1.20. The van der Waals surface area contributed by atoms with E-state index < -0.39 is 0 Å². The minimum absolute atomic E-state index is 0.208. The van der Waals surface area contributed by atoms with Gasteiger partial charge in [-0.05, 0) is 6.42 Å². The summed E-state index contributed by atoms with van der Waals surface area (Å²) in [5.41, 5.74) is 0. The van der Waals surface area contributed by atoms with E-state index >= 15 is 0 Å². The van der Waals surface area contributed by atoms with Crippen LogP contribution in [0.4, 0.5) is 0 Å². The van der Waals surface area contributed by atoms with Crippen LogP contribution >= 0.6 is 25.3 Å². The minimum atomic E-state index is -0.208. The fourth-order valence-electron chi connectivity index (χ4n) is 0.223. The van der Waals surface area contributed by atoms with Crippen LogP contribution in [-0.4, -0.2) is 11.4 Å². The van der Waals surface area contributed by atoms with Crippen molar-refractivity contribution in [2.24, 2.45) is 0 Å². The highest BCUT2D eigenvalue weighted by molar-refractivity contribution is 7.98. The molecule has 0 heterocycles. The van der Waals surface area contributed by atoms with Crippen molar-refractivity contribution in [3.8, 4) is 0 Å². The Hall–Kier alpha value is 0.660. The van der Waals surface area contributed by atoms with Gasteiger partial charge in [-0.1, -0.05) is 6.92 Å². The van der Waals surface area contributed by atoms with E-state index in [1.54, 1.807) is 0 Å². The Morgan fingerprint density at radius 2 is 2.14 bits per heavy atom. The molecule has 0 saturated heterocycles. The molecule has 0 spiro atoms. The molecule has 0 unspecified atom stereocenters. The van der Waals surface area contributed by atoms with Gasteiger partial charge in [0.25, 0.3) is 0 Å². The Kier molecular flexibility index (Phi) is 5.26. The number of hydrogen-bond donors (Lipinski definition) is 2. The molecule has 0 aliphatic carbocycles. The Bertz CT molecular complexity index is 38.7. The van der Waals surface area contributed by atoms with Gasteiger partial charge < -0.3 is 4.74 Å². The van der Waals surface area contributed by atoms with Crippen molar-refractivity contribution < 1.29 is 4.74 Å². The van der Waals surface area contributed by atoms with Gasteiger partial charge >= 0.3 is 0 Å². The minimum Gasteiger partial charge on any atom is -0.358 e. The van der Waals surface area contributed by atoms with Crippen LogP contribution in [0.5, 0.6) is 0 Å². The maximum Gasteiger partial charge on any atom is 0.144 e. The lowest BCUT2D eigenvalue weighted by molar-refractivity contribution is 0.166. The molecule has 7 heavy (non-hydrogen) atoms. The van der Waals surface area contributed by atoms with Crippen LogP contribution in [0.1, 0.15) is 13.3 Å². The van der Waals surface area contributed by atoms with Crippen LogP contribution < -0.4 is 0 Å². The van der Waals surface area contributed by atoms with Crippen molar-refractivity contribution in [3.05, 3.63) is 0 Å². The van der Waals surface area contributed by atoms with Gasteiger partial charge in [-0.2, -0.15) is 0 Å². The summed E-state index contributed by atoms with van der Waals surface area (Å²) in [5, 5.41) is 0. The van der Waals surface area contributed by atoms with E-state index in [-0.39, 0.29) is 4.77 Å². The lowest BCUT2D eigenvalue weighted by Gasteiger charge is -2.01. The lowest BCUT2D eigenvalue weighted by Crippen LogP contribution is -1.96. The van der Waals surface area contributed by atoms with Gasteiger partial charge in [0.15, 0.2) is 0 Å². The molecule has 1 nitrogen and oxygen atoms in total. The highest BCUT2D eigenvalue weighted by Crippen LogP contribution is 2.00. The van der Waals surface area contributed by atoms with Crippen LogP contribution in [0.25, 0.3) is 0 Å². The summed E-state index contributed by atoms with van der Waals surface area (Å²) in [6, 6.07) is 0. The van der Waals surface area contributed by atoms with Gasteiger partial charge in [-0.3, -0.25) is 0 Å². The van der Waals surface area contributed by atoms with E-state index in [4.69, 9.17) is 4.74 Å². The normalized spacial score (nSPS) is 10.3. The van der Waals surface area contributed by atoms with E-state index in [0.717, 1.165) is 13.0 Å². The highest BCUT2D eigenvalue weighted by Gasteiger charge is 1.88. The zero-order valence-corrected chi connectivity index (χ0v) is 6.08. The maximum absolute atomic E-state index is 4.92. The largest absolute Gasteiger partial charge is 0.358 e. The molecule has 0 fully saturated rings. The molecule has 44 valence electrons. The van der Waals surface area contributed by atoms with Crippen LogP contribution in [0.15, 0.2) is 0 Å². The topological polar surface area (TPSA) is 9.23 Å². The molecule has 0 saturated carbocycles. The first-order valence-electron chi connectivity index (χ1n) is 2.25. The van der Waals surface area contributed by atoms with Gasteiger partial charge in [0.2, 0.25) is 0 Å². The third-order valence-electron chi connectivity index (χ3n) is 0.471. The summed E-state index contributed by atoms with van der Waals surface area (Å²) in [6.07, 6.45) is 1.03. The fourth-order valence-corrected chi connectivity index (χ4v) is 0.434. The molecule has 0 rings (SSSR count). The molecular weight excluding hydrogens is 128 g/mol. The molecule has 0 aliphatic heterocycles. The predicted octanol–water partition coefficient (Wildman–Crippen LogP) is 1.56. The van der Waals surface area contributed by atoms with Crippen LogP contribution in [0.3, 0.4) is 0 Å². The Labute approximate surface area is 55.3 Å². The average molecular weight is 138 g/mol. The first-order chi connectivity index (χ1) is 3.27. The Balaban J connectivity index is 2.68. The standard InChI is InChI=1S/C4H10OS2/c1-2-3-5-4(6)7/h4,6-7H,2-3H2,1H3. The summed E-state index contributed by atoms with van der Waals surface area (Å²) in [6.45, 7) is 2.79. The molecule has 0 amide bonds. The third-order valence-corrected chi connectivity index (χ3v) is 0.769. The molecule has 3 heteroatoms. The van der Waals surface area contributed by atoms with Gasteiger partial charge in [0.1, 0.15) is 4.77 Å². The molecular formula is C4H10OS2. The van der Waals surface area contributed by atoms with Crippen molar-refractivity contribution in [1.29, 1.82) is 0 Å². The fraction of sp³-hybridized carbons (Fsp3) is 1.00. The van der Waals surface area contributed by atoms with Gasteiger partial charge in [-0.15, -0.1) is 25.3 Å². The van der Waals surface area contributed by atoms with Crippen LogP contribution in [-0.2, 0) is 4.74 Å². The van der Waals surface area contributed by atoms with Gasteiger partial charge in [0, 0.05) is 6.61 Å². The predicted molar refractivity (Wildman–Crippen MR) is 38.0 cm³/mol. The Morgan fingerprint density at radius 1 is 1.57 bits per heavy atom. The first-order valence-corrected chi connectivity index (χ1v) is 3.28. The van der Waals surface area contributed by atoms with Crippen LogP contribution in [0.2, 0.25) is 0 Å². The average Bonchev–Trinajstić information content (AvgIpc) is 1.61. The second-order valence-corrected chi connectivity index (χ2v) is 2.54. The summed E-state index contributed by atoms with van der Waals surface area (Å²) < 4.78 is 4.71. The van der Waals surface area contributed by atoms with Crippen molar-refractivity contribution in [1.82, 2.24) is 0 Å². The Morgan fingerprint density at radius 3 is 2.29 bits per heavy atom. The van der Waals surface area contributed by atoms with E-state index in [1.165, 1.54) is 0 Å². The summed E-state index contributed by atoms with van der Waals surface area (Å²) >= 11 is 7.75. The monoisotopic (exact) mass is 138 g/mol. The number of ether oxygens (including phenoxy) is 1. The zero-order valence-electron chi connectivity index (χ0n) is 4.29. The van der Waals surface area contributed by atoms with E-state index in [2.05, 4.69) is 25.3 Å². The SMILES string of the molecule is CCCOC(S)S. The molecule has 0 aromatic carbocycles. The lowest BCUT2D eigenvalue weighted by atomic mass is 10.5. The quantitative estimate of drug-likeness (QED) is 0.444. The maximum atomic E-state index is 4.92. The first kappa shape index (κ1) is 7.66. The van der Waals surface area contributed by atoms with E-state index in [0.29, 0.717) is 0 Å². The number of hydrogen-bond acceptors (Lipinski definition) is 3. The van der Waals surface area contributed by atoms with Crippen molar-refractivity contribution in [3.63, 3.8) is 0 Å². The molecule has 0 atom stereocenters. The molecule has 0 N–H and O–H groups in total. The number of thiol groups is 2. The molecule has 0 aromatic rings. The third kappa shape index (κ3) is 6.66. The van der Waals surface area contributed by atoms with Crippen molar-refractivity contribution in [2.45, 2.75) is 18.1 Å². The number of rotatable bonds is 3. The molecule has 0 radical (unpaired) electrons. The van der Waals surface area contributed by atoms with Gasteiger partial charge in [0.05, 0.1) is 0 Å². The summed E-state index contributed by atoms with van der Waals surface area (Å²) in [7, 11) is 0. The highest BCUT2D eigenvalue weighted by atomic mass is 32.2. The molecule has 0 bridgehead atoms. The summed E-state index contributed by atoms with van der Waals surface area (Å²) in [5.74, 6) is 0. The van der Waals surface area contributed by atoms with Crippen LogP contribution in [0, 0.1) is 0 Å².